The summed E-state index contributed by atoms with van der Waals surface area (Å²) in [5.41, 5.74) is 2.20. The molecule has 4 rings (SSSR count). The number of carbonyl (C=O) groups excluding carboxylic acids is 1. The minimum Gasteiger partial charge on any atom is -0.492 e. The summed E-state index contributed by atoms with van der Waals surface area (Å²) < 4.78 is 6.00. The highest BCUT2D eigenvalue weighted by Crippen LogP contribution is 2.30. The Balaban J connectivity index is 0.00000225. The zero-order chi connectivity index (χ0) is 18.5. The summed E-state index contributed by atoms with van der Waals surface area (Å²) in [4.78, 5) is 14.7. The highest BCUT2D eigenvalue weighted by molar-refractivity contribution is 5.85. The number of benzene rings is 2. The highest BCUT2D eigenvalue weighted by atomic mass is 35.5. The van der Waals surface area contributed by atoms with Gasteiger partial charge in [0.15, 0.2) is 0 Å². The second-order valence-electron chi connectivity index (χ2n) is 7.60. The number of hydrogen-bond donors (Lipinski definition) is 1. The lowest BCUT2D eigenvalue weighted by molar-refractivity contribution is -0.131. The number of nitrogens with one attached hydrogen (secondary N) is 1. The molecule has 1 amide bonds. The van der Waals surface area contributed by atoms with E-state index in [1.165, 1.54) is 0 Å². The van der Waals surface area contributed by atoms with Gasteiger partial charge in [-0.3, -0.25) is 4.79 Å². The number of hydrogen-bond acceptors (Lipinski definition) is 3. The van der Waals surface area contributed by atoms with Crippen LogP contribution in [0.15, 0.2) is 54.6 Å². The molecule has 0 saturated carbocycles. The lowest BCUT2D eigenvalue weighted by Gasteiger charge is -2.21. The van der Waals surface area contributed by atoms with Crippen LogP contribution in [-0.2, 0) is 4.79 Å². The third-order valence-corrected chi connectivity index (χ3v) is 5.92. The molecule has 2 heterocycles. The zero-order valence-electron chi connectivity index (χ0n) is 16.2. The molecule has 2 fully saturated rings. The average molecular weight is 401 g/mol. The van der Waals surface area contributed by atoms with Crippen LogP contribution in [0.1, 0.15) is 19.3 Å². The summed E-state index contributed by atoms with van der Waals surface area (Å²) >= 11 is 0. The van der Waals surface area contributed by atoms with Gasteiger partial charge >= 0.3 is 0 Å². The number of nitrogens with zero attached hydrogens (tertiary/aromatic N) is 1. The smallest absolute Gasteiger partial charge is 0.225 e. The number of ether oxygens (including phenoxy) is 1. The summed E-state index contributed by atoms with van der Waals surface area (Å²) in [5, 5.41) is 3.48. The van der Waals surface area contributed by atoms with E-state index in [-0.39, 0.29) is 18.3 Å². The van der Waals surface area contributed by atoms with Crippen molar-refractivity contribution < 1.29 is 9.53 Å². The molecule has 0 unspecified atom stereocenters. The summed E-state index contributed by atoms with van der Waals surface area (Å²) in [7, 11) is 0. The van der Waals surface area contributed by atoms with Gasteiger partial charge in [0.05, 0.1) is 13.0 Å². The van der Waals surface area contributed by atoms with Crippen LogP contribution < -0.4 is 10.1 Å². The molecule has 0 bridgehead atoms. The fourth-order valence-electron chi connectivity index (χ4n) is 4.32. The first-order valence-electron chi connectivity index (χ1n) is 10.1. The van der Waals surface area contributed by atoms with Gasteiger partial charge in [-0.25, -0.2) is 0 Å². The molecule has 2 atom stereocenters. The van der Waals surface area contributed by atoms with Crippen LogP contribution in [0, 0.1) is 11.8 Å². The molecule has 0 spiro atoms. The van der Waals surface area contributed by atoms with Crippen molar-refractivity contribution in [3.63, 3.8) is 0 Å². The van der Waals surface area contributed by atoms with E-state index in [2.05, 4.69) is 23.5 Å². The maximum atomic E-state index is 12.6. The van der Waals surface area contributed by atoms with Crippen molar-refractivity contribution in [2.75, 3.05) is 32.8 Å². The van der Waals surface area contributed by atoms with Gasteiger partial charge in [-0.15, -0.1) is 12.4 Å². The molecule has 0 radical (unpaired) electrons. The fraction of sp³-hybridized carbons (Fsp3) is 0.435. The van der Waals surface area contributed by atoms with E-state index in [0.29, 0.717) is 13.0 Å². The largest absolute Gasteiger partial charge is 0.492 e. The molecular weight excluding hydrogens is 372 g/mol. The van der Waals surface area contributed by atoms with Crippen LogP contribution in [0.5, 0.6) is 5.75 Å². The van der Waals surface area contributed by atoms with Crippen molar-refractivity contribution in [3.8, 4) is 16.9 Å². The first-order chi connectivity index (χ1) is 13.3. The first-order valence-corrected chi connectivity index (χ1v) is 10.1. The molecule has 0 aliphatic carbocycles. The van der Waals surface area contributed by atoms with E-state index < -0.39 is 0 Å². The maximum absolute atomic E-state index is 12.6. The topological polar surface area (TPSA) is 41.6 Å². The van der Waals surface area contributed by atoms with E-state index in [1.807, 2.05) is 41.3 Å². The molecule has 28 heavy (non-hydrogen) atoms. The lowest BCUT2D eigenvalue weighted by atomic mass is 9.92. The van der Waals surface area contributed by atoms with Gasteiger partial charge in [0, 0.05) is 18.7 Å². The van der Waals surface area contributed by atoms with E-state index in [1.54, 1.807) is 0 Å². The highest BCUT2D eigenvalue weighted by Gasteiger charge is 2.31. The molecular formula is C23H29ClN2O2. The molecule has 150 valence electrons. The average Bonchev–Trinajstić information content (AvgIpc) is 3.07. The van der Waals surface area contributed by atoms with Gasteiger partial charge in [-0.1, -0.05) is 48.5 Å². The Morgan fingerprint density at radius 2 is 1.61 bits per heavy atom. The number of rotatable bonds is 5. The Morgan fingerprint density at radius 3 is 2.32 bits per heavy atom. The lowest BCUT2D eigenvalue weighted by Crippen LogP contribution is -2.33. The van der Waals surface area contributed by atoms with Crippen LogP contribution in [0.4, 0.5) is 0 Å². The van der Waals surface area contributed by atoms with Crippen molar-refractivity contribution in [2.24, 2.45) is 11.8 Å². The maximum Gasteiger partial charge on any atom is 0.225 e. The van der Waals surface area contributed by atoms with Crippen molar-refractivity contribution in [1.29, 1.82) is 0 Å². The monoisotopic (exact) mass is 400 g/mol. The third kappa shape index (κ3) is 4.86. The molecule has 5 heteroatoms. The SMILES string of the molecule is Cl.O=C(CCOc1ccccc1-c1ccccc1)N1CC[C@@H]2CNC[C@@H]2CC1. The van der Waals surface area contributed by atoms with Crippen molar-refractivity contribution in [1.82, 2.24) is 10.2 Å². The van der Waals surface area contributed by atoms with Crippen LogP contribution in [0.25, 0.3) is 11.1 Å². The standard InChI is InChI=1S/C23H28N2O2.ClH/c26-23(25-13-10-19-16-24-17-20(19)11-14-25)12-15-27-22-9-5-4-8-21(22)18-6-2-1-3-7-18;/h1-9,19-20,24H,10-17H2;1H/t19-,20+;. The minimum atomic E-state index is 0. The molecule has 2 aromatic carbocycles. The molecule has 2 aromatic rings. The molecule has 0 aromatic heterocycles. The minimum absolute atomic E-state index is 0. The van der Waals surface area contributed by atoms with E-state index in [9.17, 15) is 4.79 Å². The number of para-hydroxylation sites is 1. The first kappa shape index (κ1) is 20.7. The molecule has 2 saturated heterocycles. The summed E-state index contributed by atoms with van der Waals surface area (Å²) in [6, 6.07) is 18.3. The van der Waals surface area contributed by atoms with Gasteiger partial charge in [-0.05, 0) is 49.4 Å². The van der Waals surface area contributed by atoms with Crippen LogP contribution in [0.3, 0.4) is 0 Å². The Hall–Kier alpha value is -2.04. The van der Waals surface area contributed by atoms with Crippen LogP contribution >= 0.6 is 12.4 Å². The van der Waals surface area contributed by atoms with Crippen LogP contribution in [-0.4, -0.2) is 43.6 Å². The second-order valence-corrected chi connectivity index (χ2v) is 7.60. The van der Waals surface area contributed by atoms with Gasteiger partial charge in [0.1, 0.15) is 5.75 Å². The molecule has 2 aliphatic heterocycles. The number of carbonyl (C=O) groups is 1. The van der Waals surface area contributed by atoms with E-state index >= 15 is 0 Å². The van der Waals surface area contributed by atoms with Gasteiger partial charge < -0.3 is 15.0 Å². The number of likely N-dealkylation sites (tertiary alicyclic amines) is 1. The number of fused-ring (bicyclic) bond motifs is 1. The third-order valence-electron chi connectivity index (χ3n) is 5.92. The molecule has 4 nitrogen and oxygen atoms in total. The van der Waals surface area contributed by atoms with Crippen LogP contribution in [0.2, 0.25) is 0 Å². The predicted molar refractivity (Wildman–Crippen MR) is 115 cm³/mol. The fourth-order valence-corrected chi connectivity index (χ4v) is 4.32. The van der Waals surface area contributed by atoms with Crippen molar-refractivity contribution in [3.05, 3.63) is 54.6 Å². The van der Waals surface area contributed by atoms with Gasteiger partial charge in [-0.2, -0.15) is 0 Å². The number of halogens is 1. The summed E-state index contributed by atoms with van der Waals surface area (Å²) in [6.07, 6.45) is 2.69. The van der Waals surface area contributed by atoms with Crippen molar-refractivity contribution >= 4 is 18.3 Å². The predicted octanol–water partition coefficient (Wildman–Crippen LogP) is 4.00. The van der Waals surface area contributed by atoms with E-state index in [0.717, 1.165) is 67.7 Å². The summed E-state index contributed by atoms with van der Waals surface area (Å²) in [6.45, 7) is 4.44. The second kappa shape index (κ2) is 9.94. The normalized spacial score (nSPS) is 21.4. The summed E-state index contributed by atoms with van der Waals surface area (Å²) in [5.74, 6) is 2.56. The number of amides is 1. The molecule has 1 N–H and O–H groups in total. The van der Waals surface area contributed by atoms with Gasteiger partial charge in [0.25, 0.3) is 0 Å². The Morgan fingerprint density at radius 1 is 0.964 bits per heavy atom. The van der Waals surface area contributed by atoms with Gasteiger partial charge in [0.2, 0.25) is 5.91 Å². The Kier molecular flexibility index (Phi) is 7.35. The Bertz CT molecular complexity index is 754. The molecule has 2 aliphatic rings. The van der Waals surface area contributed by atoms with E-state index in [4.69, 9.17) is 4.74 Å². The quantitative estimate of drug-likeness (QED) is 0.824. The Labute approximate surface area is 173 Å². The van der Waals surface area contributed by atoms with Crippen molar-refractivity contribution in [2.45, 2.75) is 19.3 Å². The zero-order valence-corrected chi connectivity index (χ0v) is 17.0.